The van der Waals surface area contributed by atoms with Crippen molar-refractivity contribution in [2.75, 3.05) is 13.2 Å². The molecule has 0 rings (SSSR count). The Morgan fingerprint density at radius 2 is 0.524 bits per heavy atom. The molecule has 0 bridgehead atoms. The fourth-order valence-corrected chi connectivity index (χ4v) is 10.3. The summed E-state index contributed by atoms with van der Waals surface area (Å²) in [6.07, 6.45) is 104. The van der Waals surface area contributed by atoms with Crippen LogP contribution in [0.5, 0.6) is 0 Å². The van der Waals surface area contributed by atoms with Crippen LogP contribution in [0.15, 0.2) is 109 Å². The van der Waals surface area contributed by atoms with Gasteiger partial charge in [0.25, 0.3) is 0 Å². The maximum absolute atomic E-state index is 12.4. The number of hydrogen-bond acceptors (Lipinski definition) is 5. The summed E-state index contributed by atoms with van der Waals surface area (Å²) in [7, 11) is 0. The highest BCUT2D eigenvalue weighted by Crippen LogP contribution is 2.18. The smallest absolute Gasteiger partial charge is 0.306 e. The zero-order chi connectivity index (χ0) is 59.1. The Bertz CT molecular complexity index is 1570. The van der Waals surface area contributed by atoms with Crippen molar-refractivity contribution < 1.29 is 24.2 Å². The molecule has 0 fully saturated rings. The summed E-state index contributed by atoms with van der Waals surface area (Å²) < 4.78 is 10.8. The van der Waals surface area contributed by atoms with Crippen LogP contribution in [0.4, 0.5) is 0 Å². The van der Waals surface area contributed by atoms with E-state index in [1.54, 1.807) is 0 Å². The number of aliphatic hydroxyl groups excluding tert-OH is 1. The lowest BCUT2D eigenvalue weighted by molar-refractivity contribution is -0.161. The molecule has 0 aromatic carbocycles. The van der Waals surface area contributed by atoms with E-state index < -0.39 is 6.10 Å². The minimum atomic E-state index is -0.777. The first-order valence-electron chi connectivity index (χ1n) is 35.4. The SMILES string of the molecule is CC/C=C\C/C=C\C/C=C\C/C=C\C/C=C\C/C=C\C/C=C\CCCCCCCCCCCCCCCCCC(=O)OC(CO)COC(=O)CCCCCCCCCCCCCCCCCCCCC/C=C\C/C=C\CCCCCCC. The number of hydrogen-bond donors (Lipinski definition) is 1. The number of allylic oxidation sites excluding steroid dienone is 18. The Balaban J connectivity index is 3.46. The summed E-state index contributed by atoms with van der Waals surface area (Å²) >= 11 is 0. The third-order valence-electron chi connectivity index (χ3n) is 15.6. The normalized spacial score (nSPS) is 12.9. The zero-order valence-corrected chi connectivity index (χ0v) is 54.2. The lowest BCUT2D eigenvalue weighted by Gasteiger charge is -2.15. The largest absolute Gasteiger partial charge is 0.462 e. The van der Waals surface area contributed by atoms with Crippen LogP contribution in [-0.4, -0.2) is 36.4 Å². The fraction of sp³-hybridized carbons (Fsp3) is 0.740. The van der Waals surface area contributed by atoms with Crippen LogP contribution in [0, 0.1) is 0 Å². The number of unbranched alkanes of at least 4 members (excludes halogenated alkanes) is 39. The molecule has 0 saturated carbocycles. The van der Waals surface area contributed by atoms with E-state index in [1.165, 1.54) is 231 Å². The predicted octanol–water partition coefficient (Wildman–Crippen LogP) is 24.8. The topological polar surface area (TPSA) is 72.8 Å². The number of carbonyl (C=O) groups excluding carboxylic acids is 2. The Hall–Kier alpha value is -3.44. The van der Waals surface area contributed by atoms with E-state index in [4.69, 9.17) is 9.47 Å². The highest BCUT2D eigenvalue weighted by Gasteiger charge is 2.16. The molecular weight excluding hydrogens is 1000 g/mol. The van der Waals surface area contributed by atoms with Crippen LogP contribution in [0.3, 0.4) is 0 Å². The monoisotopic (exact) mass is 1140 g/mol. The van der Waals surface area contributed by atoms with Gasteiger partial charge >= 0.3 is 11.9 Å². The molecule has 0 aromatic rings. The summed E-state index contributed by atoms with van der Waals surface area (Å²) in [6, 6.07) is 0. The Kier molecular flexibility index (Phi) is 68.8. The van der Waals surface area contributed by atoms with Crippen molar-refractivity contribution in [3.63, 3.8) is 0 Å². The van der Waals surface area contributed by atoms with E-state index in [0.717, 1.165) is 89.9 Å². The van der Waals surface area contributed by atoms with Crippen molar-refractivity contribution in [2.24, 2.45) is 0 Å². The first-order chi connectivity index (χ1) is 40.6. The molecule has 5 heteroatoms. The van der Waals surface area contributed by atoms with Crippen LogP contribution in [0.25, 0.3) is 0 Å². The van der Waals surface area contributed by atoms with E-state index >= 15 is 0 Å². The third kappa shape index (κ3) is 69.1. The minimum absolute atomic E-state index is 0.0658. The van der Waals surface area contributed by atoms with Crippen molar-refractivity contribution >= 4 is 11.9 Å². The lowest BCUT2D eigenvalue weighted by Crippen LogP contribution is -2.28. The van der Waals surface area contributed by atoms with Gasteiger partial charge in [-0.1, -0.05) is 342 Å². The summed E-state index contributed by atoms with van der Waals surface area (Å²) in [5.74, 6) is -0.578. The van der Waals surface area contributed by atoms with Gasteiger partial charge in [-0.2, -0.15) is 0 Å². The van der Waals surface area contributed by atoms with Crippen molar-refractivity contribution in [1.29, 1.82) is 0 Å². The Morgan fingerprint density at radius 1 is 0.293 bits per heavy atom. The standard InChI is InChI=1S/C77H134O5/c1-3-5-7-9-11-13-15-17-19-21-23-25-27-29-31-33-35-36-37-38-39-40-42-44-46-48-50-52-54-56-58-60-62-64-66-68-70-72-77(80)82-75(73-78)74-81-76(79)71-69-67-65-63-61-59-57-55-53-51-49-47-45-43-41-34-32-30-28-26-24-22-20-18-16-14-12-10-8-6-4-2/h5,7,11,13,16-19,22-25,29,31,35-36,38-39,75,78H,3-4,6,8-10,12,14-15,20-21,26-28,30,32-34,37,40-74H2,1-2H3/b7-5-,13-11-,18-16-,19-17-,24-22-,25-23-,31-29-,36-35-,39-38-. The summed E-state index contributed by atoms with van der Waals surface area (Å²) in [6.45, 7) is 4.05. The summed E-state index contributed by atoms with van der Waals surface area (Å²) in [5.41, 5.74) is 0. The number of aliphatic hydroxyl groups is 1. The second-order valence-corrected chi connectivity index (χ2v) is 23.6. The van der Waals surface area contributed by atoms with Gasteiger partial charge in [0.15, 0.2) is 6.10 Å². The molecule has 1 N–H and O–H groups in total. The molecule has 5 nitrogen and oxygen atoms in total. The maximum atomic E-state index is 12.4. The summed E-state index contributed by atoms with van der Waals surface area (Å²) in [5, 5.41) is 9.71. The molecule has 0 amide bonds. The predicted molar refractivity (Wildman–Crippen MR) is 362 cm³/mol. The van der Waals surface area contributed by atoms with Crippen LogP contribution >= 0.6 is 0 Å². The van der Waals surface area contributed by atoms with Gasteiger partial charge in [0.1, 0.15) is 6.61 Å². The highest BCUT2D eigenvalue weighted by molar-refractivity contribution is 5.70. The van der Waals surface area contributed by atoms with Gasteiger partial charge < -0.3 is 14.6 Å². The third-order valence-corrected chi connectivity index (χ3v) is 15.6. The van der Waals surface area contributed by atoms with Crippen molar-refractivity contribution in [2.45, 2.75) is 354 Å². The Labute approximate surface area is 510 Å². The van der Waals surface area contributed by atoms with Crippen molar-refractivity contribution in [3.05, 3.63) is 109 Å². The molecule has 0 aliphatic rings. The van der Waals surface area contributed by atoms with E-state index in [-0.39, 0.29) is 25.2 Å². The number of rotatable bonds is 65. The number of esters is 2. The molecule has 0 spiro atoms. The van der Waals surface area contributed by atoms with E-state index in [2.05, 4.69) is 123 Å². The van der Waals surface area contributed by atoms with Gasteiger partial charge in [-0.3, -0.25) is 9.59 Å². The highest BCUT2D eigenvalue weighted by atomic mass is 16.6. The lowest BCUT2D eigenvalue weighted by atomic mass is 10.0. The minimum Gasteiger partial charge on any atom is -0.462 e. The summed E-state index contributed by atoms with van der Waals surface area (Å²) in [4.78, 5) is 24.7. The van der Waals surface area contributed by atoms with Gasteiger partial charge in [-0.05, 0) is 103 Å². The second kappa shape index (κ2) is 71.8. The molecule has 1 unspecified atom stereocenters. The average Bonchev–Trinajstić information content (AvgIpc) is 3.49. The van der Waals surface area contributed by atoms with Gasteiger partial charge in [-0.15, -0.1) is 0 Å². The molecule has 0 radical (unpaired) electrons. The molecule has 1 atom stereocenters. The first-order valence-corrected chi connectivity index (χ1v) is 35.4. The van der Waals surface area contributed by atoms with E-state index in [0.29, 0.717) is 12.8 Å². The van der Waals surface area contributed by atoms with Gasteiger partial charge in [-0.25, -0.2) is 0 Å². The molecule has 0 heterocycles. The zero-order valence-electron chi connectivity index (χ0n) is 54.2. The van der Waals surface area contributed by atoms with Crippen LogP contribution in [0.2, 0.25) is 0 Å². The molecule has 0 saturated heterocycles. The average molecular weight is 1140 g/mol. The van der Waals surface area contributed by atoms with Crippen LogP contribution < -0.4 is 0 Å². The van der Waals surface area contributed by atoms with E-state index in [9.17, 15) is 14.7 Å². The van der Waals surface area contributed by atoms with Gasteiger partial charge in [0.05, 0.1) is 6.61 Å². The quantitative estimate of drug-likeness (QED) is 0.0373. The second-order valence-electron chi connectivity index (χ2n) is 23.6. The molecule has 472 valence electrons. The van der Waals surface area contributed by atoms with Gasteiger partial charge in [0.2, 0.25) is 0 Å². The molecule has 0 aliphatic carbocycles. The number of ether oxygens (including phenoxy) is 2. The first kappa shape index (κ1) is 78.6. The molecule has 0 aliphatic heterocycles. The van der Waals surface area contributed by atoms with Crippen LogP contribution in [-0.2, 0) is 19.1 Å². The van der Waals surface area contributed by atoms with Crippen molar-refractivity contribution in [1.82, 2.24) is 0 Å². The number of carbonyl (C=O) groups is 2. The maximum Gasteiger partial charge on any atom is 0.306 e. The molecule has 0 aromatic heterocycles. The fourth-order valence-electron chi connectivity index (χ4n) is 10.3. The van der Waals surface area contributed by atoms with Gasteiger partial charge in [0, 0.05) is 12.8 Å². The molecule has 82 heavy (non-hydrogen) atoms. The molecular formula is C77H134O5. The van der Waals surface area contributed by atoms with Crippen LogP contribution in [0.1, 0.15) is 348 Å². The van der Waals surface area contributed by atoms with Crippen molar-refractivity contribution in [3.8, 4) is 0 Å². The Morgan fingerprint density at radius 3 is 0.793 bits per heavy atom. The van der Waals surface area contributed by atoms with E-state index in [1.807, 2.05) is 0 Å².